The largest absolute Gasteiger partial charge is 0.332 e. The second-order valence-electron chi connectivity index (χ2n) is 5.78. The predicted octanol–water partition coefficient (Wildman–Crippen LogP) is 4.50. The number of anilines is 2. The van der Waals surface area contributed by atoms with Crippen LogP contribution in [-0.2, 0) is 6.54 Å². The van der Waals surface area contributed by atoms with Crippen molar-refractivity contribution in [2.24, 2.45) is 0 Å². The molecule has 0 saturated carbocycles. The van der Waals surface area contributed by atoms with Gasteiger partial charge in [-0.15, -0.1) is 0 Å². The van der Waals surface area contributed by atoms with Gasteiger partial charge in [-0.1, -0.05) is 36.4 Å². The maximum Gasteiger partial charge on any atom is 0.175 e. The van der Waals surface area contributed by atoms with Crippen LogP contribution >= 0.6 is 12.2 Å². The molecule has 0 aliphatic heterocycles. The molecular weight excluding hydrogens is 335 g/mol. The number of rotatable bonds is 4. The Kier molecular flexibility index (Phi) is 5.09. The minimum absolute atomic E-state index is 0.309. The van der Waals surface area contributed by atoms with Gasteiger partial charge < -0.3 is 10.6 Å². The lowest BCUT2D eigenvalue weighted by Gasteiger charge is -2.11. The summed E-state index contributed by atoms with van der Waals surface area (Å²) in [5.74, 6) is -0.309. The van der Waals surface area contributed by atoms with Gasteiger partial charge >= 0.3 is 0 Å². The van der Waals surface area contributed by atoms with Crippen molar-refractivity contribution in [1.82, 2.24) is 9.78 Å². The molecule has 0 atom stereocenters. The summed E-state index contributed by atoms with van der Waals surface area (Å²) in [7, 11) is 0. The first kappa shape index (κ1) is 17.1. The molecule has 2 aromatic carbocycles. The molecule has 25 heavy (non-hydrogen) atoms. The second-order valence-corrected chi connectivity index (χ2v) is 6.19. The number of thiocarbonyl (C=S) groups is 1. The molecule has 0 bridgehead atoms. The maximum atomic E-state index is 13.3. The molecule has 3 rings (SSSR count). The van der Waals surface area contributed by atoms with Gasteiger partial charge in [-0.25, -0.2) is 4.39 Å². The number of benzene rings is 2. The van der Waals surface area contributed by atoms with Gasteiger partial charge in [-0.2, -0.15) is 5.10 Å². The van der Waals surface area contributed by atoms with Gasteiger partial charge in [0.2, 0.25) is 0 Å². The molecule has 0 fully saturated rings. The van der Waals surface area contributed by atoms with E-state index in [1.165, 1.54) is 17.7 Å². The standard InChI is InChI=1S/C19H19FN4S/c1-13-18(22-19(25)21-17-10-6-9-16(20)11-17)14(2)24(23-13)12-15-7-4-3-5-8-15/h3-11H,12H2,1-2H3,(H2,21,22,25). The maximum absolute atomic E-state index is 13.3. The first-order valence-corrected chi connectivity index (χ1v) is 8.35. The van der Waals surface area contributed by atoms with E-state index < -0.39 is 0 Å². The van der Waals surface area contributed by atoms with Gasteiger partial charge in [0, 0.05) is 5.69 Å². The van der Waals surface area contributed by atoms with Crippen molar-refractivity contribution < 1.29 is 4.39 Å². The smallest absolute Gasteiger partial charge is 0.175 e. The summed E-state index contributed by atoms with van der Waals surface area (Å²) in [4.78, 5) is 0. The Hall–Kier alpha value is -2.73. The van der Waals surface area contributed by atoms with Crippen LogP contribution in [0, 0.1) is 19.7 Å². The number of nitrogens with zero attached hydrogens (tertiary/aromatic N) is 2. The summed E-state index contributed by atoms with van der Waals surface area (Å²) in [6.07, 6.45) is 0. The van der Waals surface area contributed by atoms with Gasteiger partial charge in [-0.3, -0.25) is 4.68 Å². The van der Waals surface area contributed by atoms with E-state index >= 15 is 0 Å². The lowest BCUT2D eigenvalue weighted by atomic mass is 10.2. The van der Waals surface area contributed by atoms with Gasteiger partial charge in [0.15, 0.2) is 5.11 Å². The van der Waals surface area contributed by atoms with Crippen LogP contribution in [0.5, 0.6) is 0 Å². The van der Waals surface area contributed by atoms with Crippen LogP contribution in [0.4, 0.5) is 15.8 Å². The number of aromatic nitrogens is 2. The topological polar surface area (TPSA) is 41.9 Å². The zero-order chi connectivity index (χ0) is 17.8. The third kappa shape index (κ3) is 4.22. The van der Waals surface area contributed by atoms with Crippen molar-refractivity contribution in [1.29, 1.82) is 0 Å². The highest BCUT2D eigenvalue weighted by atomic mass is 32.1. The quantitative estimate of drug-likeness (QED) is 0.677. The fourth-order valence-corrected chi connectivity index (χ4v) is 2.85. The Bertz CT molecular complexity index is 890. The van der Waals surface area contributed by atoms with Gasteiger partial charge in [0.25, 0.3) is 0 Å². The minimum Gasteiger partial charge on any atom is -0.332 e. The third-order valence-corrected chi connectivity index (χ3v) is 4.08. The van der Waals surface area contributed by atoms with E-state index in [-0.39, 0.29) is 5.82 Å². The Morgan fingerprint density at radius 1 is 1.08 bits per heavy atom. The van der Waals surface area contributed by atoms with Crippen LogP contribution in [0.15, 0.2) is 54.6 Å². The molecule has 0 aliphatic carbocycles. The summed E-state index contributed by atoms with van der Waals surface area (Å²) in [6, 6.07) is 16.3. The van der Waals surface area contributed by atoms with Crippen molar-refractivity contribution >= 4 is 28.7 Å². The average molecular weight is 354 g/mol. The van der Waals surface area contributed by atoms with E-state index in [1.54, 1.807) is 12.1 Å². The SMILES string of the molecule is Cc1nn(Cc2ccccc2)c(C)c1NC(=S)Nc1cccc(F)c1. The molecule has 1 aromatic heterocycles. The van der Waals surface area contributed by atoms with Gasteiger partial charge in [0.1, 0.15) is 5.82 Å². The lowest BCUT2D eigenvalue weighted by molar-refractivity contribution is 0.628. The van der Waals surface area contributed by atoms with Crippen LogP contribution in [-0.4, -0.2) is 14.9 Å². The number of hydrogen-bond acceptors (Lipinski definition) is 2. The molecule has 3 aromatic rings. The van der Waals surface area contributed by atoms with Crippen molar-refractivity contribution in [3.05, 3.63) is 77.4 Å². The van der Waals surface area contributed by atoms with Crippen molar-refractivity contribution in [3.8, 4) is 0 Å². The third-order valence-electron chi connectivity index (χ3n) is 3.88. The van der Waals surface area contributed by atoms with Crippen LogP contribution in [0.25, 0.3) is 0 Å². The Labute approximate surface area is 151 Å². The summed E-state index contributed by atoms with van der Waals surface area (Å²) >= 11 is 5.34. The fourth-order valence-electron chi connectivity index (χ4n) is 2.63. The Morgan fingerprint density at radius 2 is 1.84 bits per heavy atom. The van der Waals surface area contributed by atoms with Crippen LogP contribution < -0.4 is 10.6 Å². The summed E-state index contributed by atoms with van der Waals surface area (Å²) in [5, 5.41) is 11.1. The van der Waals surface area contributed by atoms with Crippen molar-refractivity contribution in [3.63, 3.8) is 0 Å². The minimum atomic E-state index is -0.309. The predicted molar refractivity (Wildman–Crippen MR) is 103 cm³/mol. The van der Waals surface area contributed by atoms with E-state index in [9.17, 15) is 4.39 Å². The number of aryl methyl sites for hydroxylation is 1. The number of nitrogens with one attached hydrogen (secondary N) is 2. The molecule has 128 valence electrons. The number of hydrogen-bond donors (Lipinski definition) is 2. The second kappa shape index (κ2) is 7.44. The highest BCUT2D eigenvalue weighted by molar-refractivity contribution is 7.80. The molecule has 0 saturated heterocycles. The Morgan fingerprint density at radius 3 is 2.56 bits per heavy atom. The summed E-state index contributed by atoms with van der Waals surface area (Å²) in [5.41, 5.74) is 4.50. The molecule has 6 heteroatoms. The van der Waals surface area contributed by atoms with E-state index in [1.807, 2.05) is 36.7 Å². The zero-order valence-corrected chi connectivity index (χ0v) is 14.9. The fraction of sp³-hybridized carbons (Fsp3) is 0.158. The molecule has 0 unspecified atom stereocenters. The van der Waals surface area contributed by atoms with E-state index in [2.05, 4.69) is 27.9 Å². The molecule has 0 radical (unpaired) electrons. The van der Waals surface area contributed by atoms with Gasteiger partial charge in [-0.05, 0) is 49.8 Å². The molecule has 0 spiro atoms. The molecule has 1 heterocycles. The molecular formula is C19H19FN4S. The van der Waals surface area contributed by atoms with E-state index in [0.29, 0.717) is 17.3 Å². The lowest BCUT2D eigenvalue weighted by Crippen LogP contribution is -2.20. The highest BCUT2D eigenvalue weighted by Crippen LogP contribution is 2.21. The van der Waals surface area contributed by atoms with E-state index in [4.69, 9.17) is 12.2 Å². The summed E-state index contributed by atoms with van der Waals surface area (Å²) in [6.45, 7) is 4.62. The highest BCUT2D eigenvalue weighted by Gasteiger charge is 2.13. The van der Waals surface area contributed by atoms with Crippen LogP contribution in [0.3, 0.4) is 0 Å². The first-order chi connectivity index (χ1) is 12.0. The molecule has 0 amide bonds. The molecule has 4 nitrogen and oxygen atoms in total. The van der Waals surface area contributed by atoms with Crippen molar-refractivity contribution in [2.45, 2.75) is 20.4 Å². The normalized spacial score (nSPS) is 10.5. The molecule has 0 aliphatic rings. The monoisotopic (exact) mass is 354 g/mol. The number of halogens is 1. The Balaban J connectivity index is 1.73. The van der Waals surface area contributed by atoms with E-state index in [0.717, 1.165) is 17.1 Å². The summed E-state index contributed by atoms with van der Waals surface area (Å²) < 4.78 is 15.2. The first-order valence-electron chi connectivity index (χ1n) is 7.94. The van der Waals surface area contributed by atoms with Crippen LogP contribution in [0.2, 0.25) is 0 Å². The zero-order valence-electron chi connectivity index (χ0n) is 14.1. The molecule has 2 N–H and O–H groups in total. The van der Waals surface area contributed by atoms with Crippen LogP contribution in [0.1, 0.15) is 17.0 Å². The van der Waals surface area contributed by atoms with Crippen molar-refractivity contribution in [2.75, 3.05) is 10.6 Å². The average Bonchev–Trinajstić information content (AvgIpc) is 2.83. The van der Waals surface area contributed by atoms with Gasteiger partial charge in [0.05, 0.1) is 23.6 Å².